The number of hydrogen-bond acceptors (Lipinski definition) is 4. The summed E-state index contributed by atoms with van der Waals surface area (Å²) < 4.78 is 9.41. The van der Waals surface area contributed by atoms with Gasteiger partial charge in [-0.3, -0.25) is 4.79 Å². The highest BCUT2D eigenvalue weighted by Crippen LogP contribution is 2.10. The van der Waals surface area contributed by atoms with Gasteiger partial charge in [0.2, 0.25) is 0 Å². The zero-order chi connectivity index (χ0) is 13.9. The van der Waals surface area contributed by atoms with E-state index in [1.807, 2.05) is 0 Å². The van der Waals surface area contributed by atoms with Gasteiger partial charge in [0.15, 0.2) is 0 Å². The van der Waals surface area contributed by atoms with Crippen molar-refractivity contribution in [2.45, 2.75) is 45.4 Å². The second-order valence-electron chi connectivity index (χ2n) is 4.30. The van der Waals surface area contributed by atoms with E-state index in [0.717, 1.165) is 25.7 Å². The van der Waals surface area contributed by atoms with Gasteiger partial charge in [0.1, 0.15) is 5.75 Å². The first-order chi connectivity index (χ1) is 9.22. The Balaban J connectivity index is 2.16. The molecular formula is C15H20O4. The van der Waals surface area contributed by atoms with Gasteiger partial charge in [0.25, 0.3) is 0 Å². The van der Waals surface area contributed by atoms with Crippen molar-refractivity contribution in [3.8, 4) is 5.75 Å². The van der Waals surface area contributed by atoms with E-state index >= 15 is 0 Å². The number of ether oxygens (including phenoxy) is 2. The van der Waals surface area contributed by atoms with Crippen molar-refractivity contribution in [3.05, 3.63) is 30.3 Å². The van der Waals surface area contributed by atoms with Gasteiger partial charge < -0.3 is 9.47 Å². The van der Waals surface area contributed by atoms with E-state index in [4.69, 9.17) is 4.74 Å². The molecule has 0 radical (unpaired) electrons. The molecular weight excluding hydrogens is 244 g/mol. The molecule has 4 heteroatoms. The van der Waals surface area contributed by atoms with Crippen LogP contribution in [0.25, 0.3) is 0 Å². The van der Waals surface area contributed by atoms with E-state index < -0.39 is 12.1 Å². The van der Waals surface area contributed by atoms with Crippen molar-refractivity contribution in [3.63, 3.8) is 0 Å². The fraction of sp³-hybridized carbons (Fsp3) is 0.467. The molecule has 0 aliphatic carbocycles. The van der Waals surface area contributed by atoms with Crippen molar-refractivity contribution in [2.75, 3.05) is 0 Å². The van der Waals surface area contributed by atoms with Crippen LogP contribution in [-0.4, -0.2) is 12.1 Å². The lowest BCUT2D eigenvalue weighted by Crippen LogP contribution is -2.16. The predicted molar refractivity (Wildman–Crippen MR) is 71.9 cm³/mol. The normalized spacial score (nSPS) is 9.95. The van der Waals surface area contributed by atoms with Crippen LogP contribution in [0.1, 0.15) is 45.4 Å². The van der Waals surface area contributed by atoms with Crippen molar-refractivity contribution < 1.29 is 19.1 Å². The van der Waals surface area contributed by atoms with Crippen molar-refractivity contribution in [1.82, 2.24) is 0 Å². The summed E-state index contributed by atoms with van der Waals surface area (Å²) in [4.78, 5) is 22.6. The van der Waals surface area contributed by atoms with E-state index in [9.17, 15) is 9.59 Å². The van der Waals surface area contributed by atoms with E-state index in [0.29, 0.717) is 5.75 Å². The average Bonchev–Trinajstić information content (AvgIpc) is 2.39. The number of unbranched alkanes of at least 4 members (excludes halogenated alkanes) is 4. The third-order valence-corrected chi connectivity index (χ3v) is 2.63. The first kappa shape index (κ1) is 15.2. The molecule has 0 N–H and O–H groups in total. The van der Waals surface area contributed by atoms with Crippen LogP contribution >= 0.6 is 0 Å². The second kappa shape index (κ2) is 9.14. The Morgan fingerprint density at radius 2 is 1.68 bits per heavy atom. The summed E-state index contributed by atoms with van der Waals surface area (Å²) >= 11 is 0. The SMILES string of the molecule is CCCCCCCC(=O)OC(=O)Oc1ccccc1. The lowest BCUT2D eigenvalue weighted by atomic mass is 10.1. The fourth-order valence-electron chi connectivity index (χ4n) is 1.62. The van der Waals surface area contributed by atoms with Crippen molar-refractivity contribution in [1.29, 1.82) is 0 Å². The third kappa shape index (κ3) is 7.24. The molecule has 0 atom stereocenters. The predicted octanol–water partition coefficient (Wildman–Crippen LogP) is 4.09. The monoisotopic (exact) mass is 264 g/mol. The lowest BCUT2D eigenvalue weighted by Gasteiger charge is -2.04. The summed E-state index contributed by atoms with van der Waals surface area (Å²) in [5.41, 5.74) is 0. The molecule has 0 unspecified atom stereocenters. The van der Waals surface area contributed by atoms with E-state index in [-0.39, 0.29) is 6.42 Å². The van der Waals surface area contributed by atoms with E-state index in [1.165, 1.54) is 6.42 Å². The van der Waals surface area contributed by atoms with Crippen LogP contribution in [0.15, 0.2) is 30.3 Å². The Labute approximate surface area is 113 Å². The Morgan fingerprint density at radius 1 is 1.00 bits per heavy atom. The minimum atomic E-state index is -0.968. The van der Waals surface area contributed by atoms with Gasteiger partial charge in [0.05, 0.1) is 0 Å². The quantitative estimate of drug-likeness (QED) is 0.322. The van der Waals surface area contributed by atoms with Crippen LogP contribution in [0.4, 0.5) is 4.79 Å². The summed E-state index contributed by atoms with van der Waals surface area (Å²) in [5.74, 6) is -0.166. The number of para-hydroxylation sites is 1. The van der Waals surface area contributed by atoms with Crippen LogP contribution in [0.5, 0.6) is 5.75 Å². The standard InChI is InChI=1S/C15H20O4/c1-2-3-4-5-9-12-14(16)19-15(17)18-13-10-7-6-8-11-13/h6-8,10-11H,2-5,9,12H2,1H3. The largest absolute Gasteiger partial charge is 0.521 e. The van der Waals surface area contributed by atoms with Crippen molar-refractivity contribution >= 4 is 12.1 Å². The Morgan fingerprint density at radius 3 is 2.37 bits per heavy atom. The van der Waals surface area contributed by atoms with Crippen LogP contribution in [-0.2, 0) is 9.53 Å². The van der Waals surface area contributed by atoms with E-state index in [2.05, 4.69) is 11.7 Å². The van der Waals surface area contributed by atoms with Gasteiger partial charge in [-0.1, -0.05) is 50.8 Å². The number of rotatable bonds is 7. The summed E-state index contributed by atoms with van der Waals surface area (Å²) in [6, 6.07) is 8.52. The van der Waals surface area contributed by atoms with Crippen LogP contribution in [0, 0.1) is 0 Å². The average molecular weight is 264 g/mol. The summed E-state index contributed by atoms with van der Waals surface area (Å²) in [5, 5.41) is 0. The lowest BCUT2D eigenvalue weighted by molar-refractivity contribution is -0.138. The van der Waals surface area contributed by atoms with Gasteiger partial charge >= 0.3 is 12.1 Å². The minimum absolute atomic E-state index is 0.258. The molecule has 0 aliphatic heterocycles. The first-order valence-corrected chi connectivity index (χ1v) is 6.70. The first-order valence-electron chi connectivity index (χ1n) is 6.70. The van der Waals surface area contributed by atoms with Gasteiger partial charge in [0, 0.05) is 6.42 Å². The Bertz CT molecular complexity index is 386. The maximum atomic E-state index is 11.4. The highest BCUT2D eigenvalue weighted by atomic mass is 16.7. The maximum absolute atomic E-state index is 11.4. The molecule has 0 saturated carbocycles. The van der Waals surface area contributed by atoms with Crippen molar-refractivity contribution in [2.24, 2.45) is 0 Å². The second-order valence-corrected chi connectivity index (χ2v) is 4.30. The zero-order valence-corrected chi connectivity index (χ0v) is 11.3. The molecule has 0 aromatic heterocycles. The molecule has 0 bridgehead atoms. The Kier molecular flexibility index (Phi) is 7.32. The molecule has 0 amide bonds. The molecule has 0 heterocycles. The third-order valence-electron chi connectivity index (χ3n) is 2.63. The number of hydrogen-bond donors (Lipinski definition) is 0. The molecule has 0 saturated heterocycles. The van der Waals surface area contributed by atoms with Gasteiger partial charge in [-0.15, -0.1) is 0 Å². The van der Waals surface area contributed by atoms with Gasteiger partial charge in [-0.2, -0.15) is 0 Å². The molecule has 104 valence electrons. The Hall–Kier alpha value is -1.84. The minimum Gasteiger partial charge on any atom is -0.395 e. The molecule has 19 heavy (non-hydrogen) atoms. The molecule has 1 rings (SSSR count). The summed E-state index contributed by atoms with van der Waals surface area (Å²) in [7, 11) is 0. The molecule has 1 aromatic carbocycles. The number of carbonyl (C=O) groups excluding carboxylic acids is 2. The molecule has 0 spiro atoms. The highest BCUT2D eigenvalue weighted by Gasteiger charge is 2.12. The summed E-state index contributed by atoms with van der Waals surface area (Å²) in [6.45, 7) is 2.13. The van der Waals surface area contributed by atoms with Crippen LogP contribution in [0.2, 0.25) is 0 Å². The number of benzene rings is 1. The fourth-order valence-corrected chi connectivity index (χ4v) is 1.62. The molecule has 1 aromatic rings. The van der Waals surface area contributed by atoms with Crippen LogP contribution < -0.4 is 4.74 Å². The van der Waals surface area contributed by atoms with Gasteiger partial charge in [-0.25, -0.2) is 4.79 Å². The molecule has 4 nitrogen and oxygen atoms in total. The maximum Gasteiger partial charge on any atom is 0.521 e. The molecule has 0 fully saturated rings. The number of carbonyl (C=O) groups is 2. The number of esters is 1. The van der Waals surface area contributed by atoms with Crippen LogP contribution in [0.3, 0.4) is 0 Å². The highest BCUT2D eigenvalue weighted by molar-refractivity contribution is 5.82. The molecule has 0 aliphatic rings. The van der Waals surface area contributed by atoms with Gasteiger partial charge in [-0.05, 0) is 18.6 Å². The zero-order valence-electron chi connectivity index (χ0n) is 11.3. The van der Waals surface area contributed by atoms with E-state index in [1.54, 1.807) is 30.3 Å². The smallest absolute Gasteiger partial charge is 0.395 e. The topological polar surface area (TPSA) is 52.6 Å². The summed E-state index contributed by atoms with van der Waals surface area (Å²) in [6.07, 6.45) is 4.46.